The first kappa shape index (κ1) is 33.9. The molecule has 274 valence electrons. The Hall–Kier alpha value is -7.43. The maximum absolute atomic E-state index is 5.50. The zero-order valence-corrected chi connectivity index (χ0v) is 32.3. The van der Waals surface area contributed by atoms with Gasteiger partial charge < -0.3 is 0 Å². The fourth-order valence-electron chi connectivity index (χ4n) is 8.93. The van der Waals surface area contributed by atoms with Gasteiger partial charge in [-0.1, -0.05) is 184 Å². The van der Waals surface area contributed by atoms with Crippen molar-refractivity contribution >= 4 is 16.3 Å². The first-order chi connectivity index (χ1) is 28.5. The molecule has 58 heavy (non-hydrogen) atoms. The van der Waals surface area contributed by atoms with Gasteiger partial charge in [-0.25, -0.2) is 14.5 Å². The smallest absolute Gasteiger partial charge is 0.160 e. The number of hydrogen-bond donors (Lipinski definition) is 0. The van der Waals surface area contributed by atoms with E-state index >= 15 is 0 Å². The zero-order chi connectivity index (χ0) is 38.8. The van der Waals surface area contributed by atoms with Gasteiger partial charge in [0.05, 0.1) is 22.6 Å². The van der Waals surface area contributed by atoms with E-state index in [1.807, 2.05) is 6.07 Å². The number of aromatic nitrogens is 4. The van der Waals surface area contributed by atoms with Gasteiger partial charge in [-0.3, -0.25) is 0 Å². The first-order valence-corrected chi connectivity index (χ1v) is 19.9. The molecule has 0 N–H and O–H groups in total. The minimum absolute atomic E-state index is 0.133. The van der Waals surface area contributed by atoms with Crippen LogP contribution in [0.15, 0.2) is 194 Å². The summed E-state index contributed by atoms with van der Waals surface area (Å²) in [5, 5.41) is 7.83. The van der Waals surface area contributed by atoms with Crippen LogP contribution in [0.3, 0.4) is 0 Å². The highest BCUT2D eigenvalue weighted by atomic mass is 15.2. The van der Waals surface area contributed by atoms with Crippen molar-refractivity contribution in [3.63, 3.8) is 0 Å². The van der Waals surface area contributed by atoms with Crippen LogP contribution in [0.5, 0.6) is 0 Å². The fourth-order valence-corrected chi connectivity index (χ4v) is 8.93. The third-order valence-electron chi connectivity index (χ3n) is 11.8. The molecule has 0 atom stereocenters. The van der Waals surface area contributed by atoms with E-state index in [4.69, 9.17) is 15.1 Å². The Bertz CT molecular complexity index is 3180. The quantitative estimate of drug-likeness (QED) is 0.170. The van der Waals surface area contributed by atoms with Crippen LogP contribution in [0.1, 0.15) is 25.0 Å². The van der Waals surface area contributed by atoms with Crippen molar-refractivity contribution in [3.05, 3.63) is 205 Å². The van der Waals surface area contributed by atoms with Crippen molar-refractivity contribution in [1.82, 2.24) is 19.6 Å². The number of benzene rings is 7. The molecule has 0 saturated heterocycles. The van der Waals surface area contributed by atoms with Gasteiger partial charge >= 0.3 is 0 Å². The standard InChI is InChI=1S/C54H38N4/c1-54(2)45-28-15-14-27-43(45)44-30-29-41(32-46(44)54)53-55-47(35-17-6-3-7-18-35)34-48(56-53)39-24-16-25-40(31-39)51-50(37-21-10-5-11-22-37)52-42-26-13-12-23-38(42)33-49(58(52)57-51)36-19-8-4-9-20-36/h3-34H,1-2H3. The van der Waals surface area contributed by atoms with Gasteiger partial charge in [-0.05, 0) is 57.5 Å². The molecule has 10 aromatic rings. The Morgan fingerprint density at radius 3 is 1.81 bits per heavy atom. The highest BCUT2D eigenvalue weighted by Gasteiger charge is 2.35. The second-order valence-corrected chi connectivity index (χ2v) is 15.7. The van der Waals surface area contributed by atoms with Gasteiger partial charge in [0, 0.05) is 44.2 Å². The average Bonchev–Trinajstić information content (AvgIpc) is 3.80. The molecular formula is C54H38N4. The summed E-state index contributed by atoms with van der Waals surface area (Å²) in [6.45, 7) is 4.63. The van der Waals surface area contributed by atoms with Crippen LogP contribution >= 0.6 is 0 Å². The maximum Gasteiger partial charge on any atom is 0.160 e. The summed E-state index contributed by atoms with van der Waals surface area (Å²) in [6, 6.07) is 68.8. The number of hydrogen-bond acceptors (Lipinski definition) is 3. The molecule has 4 nitrogen and oxygen atoms in total. The van der Waals surface area contributed by atoms with Crippen LogP contribution in [0, 0.1) is 0 Å². The Balaban J connectivity index is 1.12. The topological polar surface area (TPSA) is 43.1 Å². The molecule has 3 heterocycles. The Morgan fingerprint density at radius 1 is 0.431 bits per heavy atom. The molecule has 0 spiro atoms. The Kier molecular flexibility index (Phi) is 7.80. The second kappa shape index (κ2) is 13.4. The lowest BCUT2D eigenvalue weighted by atomic mass is 9.82. The fraction of sp³-hybridized carbons (Fsp3) is 0.0556. The van der Waals surface area contributed by atoms with E-state index in [0.29, 0.717) is 5.82 Å². The molecule has 0 fully saturated rings. The molecule has 0 radical (unpaired) electrons. The van der Waals surface area contributed by atoms with E-state index in [0.717, 1.165) is 72.6 Å². The van der Waals surface area contributed by atoms with Crippen LogP contribution in [-0.2, 0) is 5.41 Å². The predicted octanol–water partition coefficient (Wildman–Crippen LogP) is 13.6. The third-order valence-corrected chi connectivity index (χ3v) is 11.8. The molecular weight excluding hydrogens is 705 g/mol. The second-order valence-electron chi connectivity index (χ2n) is 15.7. The van der Waals surface area contributed by atoms with Gasteiger partial charge in [0.15, 0.2) is 5.82 Å². The van der Waals surface area contributed by atoms with Crippen LogP contribution in [0.4, 0.5) is 0 Å². The maximum atomic E-state index is 5.50. The molecule has 1 aliphatic rings. The van der Waals surface area contributed by atoms with Gasteiger partial charge in [-0.15, -0.1) is 0 Å². The van der Waals surface area contributed by atoms with Crippen molar-refractivity contribution < 1.29 is 0 Å². The largest absolute Gasteiger partial charge is 0.231 e. The molecule has 0 aliphatic heterocycles. The number of fused-ring (bicyclic) bond motifs is 6. The summed E-state index contributed by atoms with van der Waals surface area (Å²) in [6.07, 6.45) is 0. The zero-order valence-electron chi connectivity index (χ0n) is 32.3. The van der Waals surface area contributed by atoms with Crippen LogP contribution in [-0.4, -0.2) is 19.6 Å². The molecule has 0 bridgehead atoms. The van der Waals surface area contributed by atoms with E-state index in [2.05, 4.69) is 206 Å². The molecule has 4 heteroatoms. The van der Waals surface area contributed by atoms with Crippen molar-refractivity contribution in [2.24, 2.45) is 0 Å². The van der Waals surface area contributed by atoms with E-state index in [9.17, 15) is 0 Å². The van der Waals surface area contributed by atoms with E-state index in [-0.39, 0.29) is 5.41 Å². The SMILES string of the molecule is CC1(C)c2ccccc2-c2ccc(-c3nc(-c4ccccc4)cc(-c4cccc(-c5nn6c(-c7ccccc7)cc7ccccc7c6c5-c5ccccc5)c4)n3)cc21. The third kappa shape index (κ3) is 5.48. The van der Waals surface area contributed by atoms with Gasteiger partial charge in [0.25, 0.3) is 0 Å². The van der Waals surface area contributed by atoms with Gasteiger partial charge in [0.1, 0.15) is 5.69 Å². The molecule has 1 aliphatic carbocycles. The monoisotopic (exact) mass is 742 g/mol. The summed E-state index contributed by atoms with van der Waals surface area (Å²) in [7, 11) is 0. The van der Waals surface area contributed by atoms with Crippen LogP contribution in [0.2, 0.25) is 0 Å². The molecule has 0 saturated carbocycles. The lowest BCUT2D eigenvalue weighted by molar-refractivity contribution is 0.660. The summed E-state index contributed by atoms with van der Waals surface area (Å²) in [5.74, 6) is 0.702. The summed E-state index contributed by atoms with van der Waals surface area (Å²) >= 11 is 0. The number of rotatable bonds is 6. The molecule has 7 aromatic carbocycles. The van der Waals surface area contributed by atoms with Crippen LogP contribution < -0.4 is 0 Å². The molecule has 11 rings (SSSR count). The lowest BCUT2D eigenvalue weighted by Gasteiger charge is -2.21. The summed E-state index contributed by atoms with van der Waals surface area (Å²) < 4.78 is 2.14. The lowest BCUT2D eigenvalue weighted by Crippen LogP contribution is -2.15. The Labute approximate surface area is 337 Å². The van der Waals surface area contributed by atoms with Gasteiger partial charge in [-0.2, -0.15) is 5.10 Å². The highest BCUT2D eigenvalue weighted by Crippen LogP contribution is 2.49. The Morgan fingerprint density at radius 2 is 1.03 bits per heavy atom. The highest BCUT2D eigenvalue weighted by molar-refractivity contribution is 6.08. The summed E-state index contributed by atoms with van der Waals surface area (Å²) in [5.41, 5.74) is 17.3. The van der Waals surface area contributed by atoms with E-state index < -0.39 is 0 Å². The minimum atomic E-state index is -0.133. The first-order valence-electron chi connectivity index (χ1n) is 19.9. The van der Waals surface area contributed by atoms with Crippen molar-refractivity contribution in [2.75, 3.05) is 0 Å². The summed E-state index contributed by atoms with van der Waals surface area (Å²) in [4.78, 5) is 10.6. The van der Waals surface area contributed by atoms with Gasteiger partial charge in [0.2, 0.25) is 0 Å². The normalized spacial score (nSPS) is 12.8. The van der Waals surface area contributed by atoms with Crippen molar-refractivity contribution in [1.29, 1.82) is 0 Å². The number of nitrogens with zero attached hydrogens (tertiary/aromatic N) is 4. The van der Waals surface area contributed by atoms with E-state index in [1.54, 1.807) is 0 Å². The predicted molar refractivity (Wildman–Crippen MR) is 238 cm³/mol. The molecule has 0 unspecified atom stereocenters. The van der Waals surface area contributed by atoms with Crippen molar-refractivity contribution in [2.45, 2.75) is 19.3 Å². The minimum Gasteiger partial charge on any atom is -0.231 e. The van der Waals surface area contributed by atoms with E-state index in [1.165, 1.54) is 27.6 Å². The molecule has 0 amide bonds. The number of pyridine rings is 1. The molecule has 3 aromatic heterocycles. The average molecular weight is 743 g/mol. The van der Waals surface area contributed by atoms with Crippen LogP contribution in [0.25, 0.3) is 95.0 Å². The van der Waals surface area contributed by atoms with Crippen molar-refractivity contribution in [3.8, 4) is 78.7 Å².